The Bertz CT molecular complexity index is 849. The number of nitrogens with zero attached hydrogens (tertiary/aromatic N) is 2. The molecule has 1 aromatic heterocycles. The Morgan fingerprint density at radius 2 is 2.10 bits per heavy atom. The summed E-state index contributed by atoms with van der Waals surface area (Å²) in [6, 6.07) is 3.47. The number of allylic oxidation sites excluding steroid dienone is 1. The summed E-state index contributed by atoms with van der Waals surface area (Å²) in [7, 11) is 1.54. The van der Waals surface area contributed by atoms with Gasteiger partial charge in [0, 0.05) is 37.0 Å². The summed E-state index contributed by atoms with van der Waals surface area (Å²) >= 11 is 0. The molecule has 1 atom stereocenters. The summed E-state index contributed by atoms with van der Waals surface area (Å²) in [4.78, 5) is 17.8. The zero-order chi connectivity index (χ0) is 21.4. The van der Waals surface area contributed by atoms with E-state index in [4.69, 9.17) is 15.9 Å². The molecule has 29 heavy (non-hydrogen) atoms. The van der Waals surface area contributed by atoms with Crippen molar-refractivity contribution >= 4 is 17.6 Å². The van der Waals surface area contributed by atoms with Crippen LogP contribution in [-0.4, -0.2) is 53.8 Å². The Morgan fingerprint density at radius 1 is 1.45 bits per heavy atom. The SMILES string of the molecule is COc1ccnc(N2CCC(C(N)=C3C(=N)NC(=O)CC3(O)C(F)(F)F)CC2)c1. The lowest BCUT2D eigenvalue weighted by atomic mass is 9.79. The third-order valence-corrected chi connectivity index (χ3v) is 5.31. The Balaban J connectivity index is 1.84. The number of ether oxygens (including phenoxy) is 1. The molecule has 3 heterocycles. The third-order valence-electron chi connectivity index (χ3n) is 5.31. The fourth-order valence-corrected chi connectivity index (χ4v) is 3.72. The summed E-state index contributed by atoms with van der Waals surface area (Å²) in [5.41, 5.74) is 1.59. The van der Waals surface area contributed by atoms with E-state index in [0.29, 0.717) is 37.5 Å². The Labute approximate surface area is 165 Å². The van der Waals surface area contributed by atoms with Crippen molar-refractivity contribution in [3.63, 3.8) is 0 Å². The zero-order valence-corrected chi connectivity index (χ0v) is 15.7. The number of carbonyl (C=O) groups is 1. The maximum absolute atomic E-state index is 13.6. The van der Waals surface area contributed by atoms with Crippen LogP contribution >= 0.6 is 0 Å². The van der Waals surface area contributed by atoms with Crippen molar-refractivity contribution in [2.75, 3.05) is 25.1 Å². The minimum atomic E-state index is -5.14. The van der Waals surface area contributed by atoms with Crippen LogP contribution in [0.5, 0.6) is 5.75 Å². The van der Waals surface area contributed by atoms with Gasteiger partial charge in [-0.3, -0.25) is 10.2 Å². The number of aromatic nitrogens is 1. The quantitative estimate of drug-likeness (QED) is 0.592. The molecule has 8 nitrogen and oxygen atoms in total. The first-order chi connectivity index (χ1) is 13.6. The van der Waals surface area contributed by atoms with Crippen LogP contribution in [0, 0.1) is 11.3 Å². The van der Waals surface area contributed by atoms with Crippen molar-refractivity contribution in [3.05, 3.63) is 29.6 Å². The van der Waals surface area contributed by atoms with Crippen molar-refractivity contribution in [1.82, 2.24) is 10.3 Å². The van der Waals surface area contributed by atoms with Crippen LogP contribution < -0.4 is 20.7 Å². The monoisotopic (exact) mass is 413 g/mol. The second-order valence-electron chi connectivity index (χ2n) is 7.10. The van der Waals surface area contributed by atoms with Gasteiger partial charge in [-0.2, -0.15) is 13.2 Å². The number of aliphatic hydroxyl groups is 1. The van der Waals surface area contributed by atoms with Gasteiger partial charge in [0.2, 0.25) is 5.91 Å². The van der Waals surface area contributed by atoms with Crippen LogP contribution in [0.2, 0.25) is 0 Å². The Hall–Kier alpha value is -2.82. The van der Waals surface area contributed by atoms with Crippen LogP contribution in [0.25, 0.3) is 0 Å². The number of hydrogen-bond donors (Lipinski definition) is 4. The molecule has 2 aliphatic heterocycles. The van der Waals surface area contributed by atoms with E-state index in [2.05, 4.69) is 4.98 Å². The molecule has 2 fully saturated rings. The molecule has 2 aliphatic rings. The van der Waals surface area contributed by atoms with Gasteiger partial charge in [-0.25, -0.2) is 4.98 Å². The van der Waals surface area contributed by atoms with Gasteiger partial charge < -0.3 is 25.8 Å². The van der Waals surface area contributed by atoms with Crippen LogP contribution in [0.3, 0.4) is 0 Å². The van der Waals surface area contributed by atoms with Crippen LogP contribution in [0.1, 0.15) is 19.3 Å². The average molecular weight is 413 g/mol. The number of rotatable bonds is 3. The summed E-state index contributed by atoms with van der Waals surface area (Å²) in [5.74, 6) is -1.05. The summed E-state index contributed by atoms with van der Waals surface area (Å²) in [6.07, 6.45) is -3.94. The van der Waals surface area contributed by atoms with E-state index in [1.807, 2.05) is 10.2 Å². The second kappa shape index (κ2) is 7.54. The highest BCUT2D eigenvalue weighted by Gasteiger charge is 2.61. The Kier molecular flexibility index (Phi) is 5.44. The number of hydrogen-bond acceptors (Lipinski definition) is 7. The lowest BCUT2D eigenvalue weighted by molar-refractivity contribution is -0.244. The number of carbonyl (C=O) groups excluding carboxylic acids is 1. The maximum Gasteiger partial charge on any atom is 0.422 e. The number of halogens is 3. The highest BCUT2D eigenvalue weighted by molar-refractivity contribution is 6.11. The van der Waals surface area contributed by atoms with E-state index in [-0.39, 0.29) is 5.70 Å². The minimum absolute atomic E-state index is 0.215. The highest BCUT2D eigenvalue weighted by atomic mass is 19.4. The van der Waals surface area contributed by atoms with E-state index < -0.39 is 41.4 Å². The van der Waals surface area contributed by atoms with E-state index in [1.54, 1.807) is 18.3 Å². The van der Waals surface area contributed by atoms with Crippen molar-refractivity contribution in [3.8, 4) is 5.75 Å². The normalized spacial score (nSPS) is 25.6. The molecule has 0 aromatic carbocycles. The summed E-state index contributed by atoms with van der Waals surface area (Å²) < 4.78 is 45.9. The number of pyridine rings is 1. The number of nitrogens with two attached hydrogens (primary N) is 1. The van der Waals surface area contributed by atoms with Gasteiger partial charge in [-0.15, -0.1) is 0 Å². The number of methoxy groups -OCH3 is 1. The molecule has 0 bridgehead atoms. The van der Waals surface area contributed by atoms with Gasteiger partial charge >= 0.3 is 6.18 Å². The molecule has 0 aliphatic carbocycles. The largest absolute Gasteiger partial charge is 0.497 e. The minimum Gasteiger partial charge on any atom is -0.497 e. The molecule has 0 saturated carbocycles. The molecule has 158 valence electrons. The number of nitrogens with one attached hydrogen (secondary N) is 2. The van der Waals surface area contributed by atoms with Gasteiger partial charge in [-0.05, 0) is 18.9 Å². The van der Waals surface area contributed by atoms with E-state index in [9.17, 15) is 23.1 Å². The molecule has 0 spiro atoms. The van der Waals surface area contributed by atoms with Gasteiger partial charge in [0.1, 0.15) is 17.4 Å². The lowest BCUT2D eigenvalue weighted by Crippen LogP contribution is -2.59. The van der Waals surface area contributed by atoms with Gasteiger partial charge in [0.25, 0.3) is 0 Å². The first-order valence-electron chi connectivity index (χ1n) is 9.00. The fourth-order valence-electron chi connectivity index (χ4n) is 3.72. The molecule has 1 amide bonds. The molecule has 5 N–H and O–H groups in total. The average Bonchev–Trinajstić information content (AvgIpc) is 2.66. The Morgan fingerprint density at radius 3 is 2.69 bits per heavy atom. The van der Waals surface area contributed by atoms with E-state index in [0.717, 1.165) is 0 Å². The standard InChI is InChI=1S/C18H22F3N5O3/c1-29-11-2-5-24-12(8-11)26-6-3-10(4-7-26)15(22)14-16(23)25-13(27)9-17(14,28)18(19,20)21/h2,5,8,10,28H,3-4,6-7,9,22H2,1H3,(H2,23,25,27). The number of anilines is 1. The van der Waals surface area contributed by atoms with E-state index >= 15 is 0 Å². The van der Waals surface area contributed by atoms with E-state index in [1.165, 1.54) is 7.11 Å². The number of alkyl halides is 3. The van der Waals surface area contributed by atoms with Crippen LogP contribution in [0.4, 0.5) is 19.0 Å². The van der Waals surface area contributed by atoms with Crippen LogP contribution in [0.15, 0.2) is 29.6 Å². The molecule has 2 saturated heterocycles. The number of amides is 1. The topological polar surface area (TPSA) is 125 Å². The van der Waals surface area contributed by atoms with Gasteiger partial charge in [0.15, 0.2) is 5.60 Å². The summed E-state index contributed by atoms with van der Waals surface area (Å²) in [5, 5.41) is 20.2. The molecule has 0 radical (unpaired) electrons. The summed E-state index contributed by atoms with van der Waals surface area (Å²) in [6.45, 7) is 0.950. The highest BCUT2D eigenvalue weighted by Crippen LogP contribution is 2.43. The van der Waals surface area contributed by atoms with Crippen molar-refractivity contribution in [1.29, 1.82) is 5.41 Å². The third kappa shape index (κ3) is 3.86. The fraction of sp³-hybridized carbons (Fsp3) is 0.500. The van der Waals surface area contributed by atoms with Crippen LogP contribution in [-0.2, 0) is 4.79 Å². The van der Waals surface area contributed by atoms with Crippen molar-refractivity contribution < 1.29 is 27.8 Å². The molecule has 3 rings (SSSR count). The maximum atomic E-state index is 13.6. The molecular formula is C18H22F3N5O3. The predicted octanol–water partition coefficient (Wildman–Crippen LogP) is 1.31. The molecule has 1 aromatic rings. The first kappa shape index (κ1) is 20.9. The number of piperidine rings is 2. The van der Waals surface area contributed by atoms with Gasteiger partial charge in [0.05, 0.1) is 19.1 Å². The number of amidine groups is 1. The molecule has 1 unspecified atom stereocenters. The predicted molar refractivity (Wildman–Crippen MR) is 98.4 cm³/mol. The lowest BCUT2D eigenvalue weighted by Gasteiger charge is -2.39. The van der Waals surface area contributed by atoms with Gasteiger partial charge in [-0.1, -0.05) is 0 Å². The smallest absolute Gasteiger partial charge is 0.422 e. The van der Waals surface area contributed by atoms with Crippen molar-refractivity contribution in [2.45, 2.75) is 31.0 Å². The molecular weight excluding hydrogens is 391 g/mol. The molecule has 11 heteroatoms. The second-order valence-corrected chi connectivity index (χ2v) is 7.10. The zero-order valence-electron chi connectivity index (χ0n) is 15.7. The van der Waals surface area contributed by atoms with Crippen molar-refractivity contribution in [2.24, 2.45) is 11.7 Å². The first-order valence-corrected chi connectivity index (χ1v) is 9.00.